The summed E-state index contributed by atoms with van der Waals surface area (Å²) in [5.41, 5.74) is 0. The molecule has 0 aromatic heterocycles. The number of rotatable bonds is 4. The molecule has 0 spiro atoms. The summed E-state index contributed by atoms with van der Waals surface area (Å²) < 4.78 is 0.290. The Balaban J connectivity index is 2.13. The Morgan fingerprint density at radius 3 is 2.75 bits per heavy atom. The van der Waals surface area contributed by atoms with Gasteiger partial charge in [0.05, 0.1) is 0 Å². The second kappa shape index (κ2) is 6.33. The third kappa shape index (κ3) is 5.59. The molecule has 0 aliphatic heterocycles. The van der Waals surface area contributed by atoms with Crippen LogP contribution in [0.25, 0.3) is 0 Å². The Morgan fingerprint density at radius 1 is 1.44 bits per heavy atom. The number of amides is 1. The average Bonchev–Trinajstić information content (AvgIpc) is 2.24. The van der Waals surface area contributed by atoms with Gasteiger partial charge in [0.1, 0.15) is 0 Å². The van der Waals surface area contributed by atoms with Crippen molar-refractivity contribution in [3.63, 3.8) is 0 Å². The van der Waals surface area contributed by atoms with Crippen molar-refractivity contribution in [1.82, 2.24) is 5.32 Å². The van der Waals surface area contributed by atoms with E-state index in [0.29, 0.717) is 0 Å². The van der Waals surface area contributed by atoms with Crippen LogP contribution >= 0.6 is 11.8 Å². The molecule has 92 valence electrons. The molecule has 0 fully saturated rings. The van der Waals surface area contributed by atoms with Gasteiger partial charge in [-0.05, 0) is 19.3 Å². The first-order chi connectivity index (χ1) is 7.49. The van der Waals surface area contributed by atoms with Crippen LogP contribution in [0.15, 0.2) is 12.2 Å². The maximum atomic E-state index is 11.8. The van der Waals surface area contributed by atoms with Gasteiger partial charge in [-0.25, -0.2) is 0 Å². The molecule has 0 unspecified atom stereocenters. The fourth-order valence-electron chi connectivity index (χ4n) is 1.71. The van der Waals surface area contributed by atoms with Crippen LogP contribution in [-0.4, -0.2) is 23.0 Å². The van der Waals surface area contributed by atoms with Gasteiger partial charge in [0, 0.05) is 23.0 Å². The second-order valence-corrected chi connectivity index (χ2v) is 7.15. The Labute approximate surface area is 103 Å². The van der Waals surface area contributed by atoms with Crippen LogP contribution in [-0.2, 0) is 4.79 Å². The molecule has 0 radical (unpaired) electrons. The number of allylic oxidation sites excluding steroid dienone is 2. The van der Waals surface area contributed by atoms with Gasteiger partial charge < -0.3 is 5.32 Å². The van der Waals surface area contributed by atoms with Gasteiger partial charge in [0.15, 0.2) is 0 Å². The van der Waals surface area contributed by atoms with Gasteiger partial charge in [-0.1, -0.05) is 32.9 Å². The van der Waals surface area contributed by atoms with E-state index in [-0.39, 0.29) is 16.6 Å². The zero-order chi connectivity index (χ0) is 12.0. The zero-order valence-corrected chi connectivity index (χ0v) is 11.4. The number of thioether (sulfide) groups is 1. The van der Waals surface area contributed by atoms with Crippen molar-refractivity contribution in [1.29, 1.82) is 0 Å². The lowest BCUT2D eigenvalue weighted by Crippen LogP contribution is -2.33. The molecule has 0 aromatic carbocycles. The smallest absolute Gasteiger partial charge is 0.223 e. The van der Waals surface area contributed by atoms with Crippen LogP contribution in [0.4, 0.5) is 0 Å². The predicted molar refractivity (Wildman–Crippen MR) is 71.7 cm³/mol. The number of hydrogen-bond acceptors (Lipinski definition) is 2. The van der Waals surface area contributed by atoms with Crippen LogP contribution in [0.1, 0.15) is 40.0 Å². The van der Waals surface area contributed by atoms with Gasteiger partial charge in [-0.15, -0.1) is 0 Å². The minimum atomic E-state index is 0.213. The summed E-state index contributed by atoms with van der Waals surface area (Å²) in [7, 11) is 0. The Kier molecular flexibility index (Phi) is 5.39. The molecule has 0 heterocycles. The topological polar surface area (TPSA) is 29.1 Å². The van der Waals surface area contributed by atoms with E-state index < -0.39 is 0 Å². The fraction of sp³-hybridized carbons (Fsp3) is 0.769. The summed E-state index contributed by atoms with van der Waals surface area (Å²) in [6.07, 6.45) is 7.26. The SMILES string of the molecule is CC(C)(C)SCCNC(=O)[C@@H]1CC=CCC1. The summed E-state index contributed by atoms with van der Waals surface area (Å²) >= 11 is 1.89. The molecule has 0 aromatic rings. The first-order valence-electron chi connectivity index (χ1n) is 6.06. The second-order valence-electron chi connectivity index (χ2n) is 5.23. The predicted octanol–water partition coefficient (Wildman–Crippen LogP) is 2.99. The minimum absolute atomic E-state index is 0.213. The Bertz CT molecular complexity index is 255. The molecule has 16 heavy (non-hydrogen) atoms. The van der Waals surface area contributed by atoms with Gasteiger partial charge >= 0.3 is 0 Å². The lowest BCUT2D eigenvalue weighted by Gasteiger charge is -2.19. The van der Waals surface area contributed by atoms with Gasteiger partial charge in [-0.2, -0.15) is 11.8 Å². The molecule has 1 aliphatic rings. The fourth-order valence-corrected chi connectivity index (χ4v) is 2.52. The third-order valence-corrected chi connectivity index (χ3v) is 3.85. The van der Waals surface area contributed by atoms with E-state index in [0.717, 1.165) is 31.6 Å². The standard InChI is InChI=1S/C13H23NOS/c1-13(2,3)16-10-9-14-12(15)11-7-5-4-6-8-11/h4-5,11H,6-10H2,1-3H3,(H,14,15)/t11-/m1/s1. The van der Waals surface area contributed by atoms with Crippen molar-refractivity contribution < 1.29 is 4.79 Å². The molecule has 1 atom stereocenters. The monoisotopic (exact) mass is 241 g/mol. The minimum Gasteiger partial charge on any atom is -0.355 e. The number of carbonyl (C=O) groups is 1. The van der Waals surface area contributed by atoms with Gasteiger partial charge in [-0.3, -0.25) is 4.79 Å². The molecule has 1 rings (SSSR count). The van der Waals surface area contributed by atoms with Gasteiger partial charge in [0.2, 0.25) is 5.91 Å². The van der Waals surface area contributed by atoms with E-state index in [2.05, 4.69) is 38.2 Å². The van der Waals surface area contributed by atoms with Crippen molar-refractivity contribution in [2.75, 3.05) is 12.3 Å². The summed E-state index contributed by atoms with van der Waals surface area (Å²) in [5, 5.41) is 3.03. The maximum Gasteiger partial charge on any atom is 0.223 e. The van der Waals surface area contributed by atoms with Crippen molar-refractivity contribution in [3.05, 3.63) is 12.2 Å². The number of hydrogen-bond donors (Lipinski definition) is 1. The highest BCUT2D eigenvalue weighted by Crippen LogP contribution is 2.22. The molecular weight excluding hydrogens is 218 g/mol. The van der Waals surface area contributed by atoms with Crippen LogP contribution in [0.3, 0.4) is 0 Å². The molecule has 1 amide bonds. The van der Waals surface area contributed by atoms with Crippen LogP contribution in [0, 0.1) is 5.92 Å². The highest BCUT2D eigenvalue weighted by Gasteiger charge is 2.18. The first-order valence-corrected chi connectivity index (χ1v) is 7.04. The summed E-state index contributed by atoms with van der Waals surface area (Å²) in [4.78, 5) is 11.8. The van der Waals surface area contributed by atoms with E-state index in [4.69, 9.17) is 0 Å². The van der Waals surface area contributed by atoms with Crippen molar-refractivity contribution in [2.24, 2.45) is 5.92 Å². The number of carbonyl (C=O) groups excluding carboxylic acids is 1. The normalized spacial score (nSPS) is 20.8. The highest BCUT2D eigenvalue weighted by molar-refractivity contribution is 8.00. The highest BCUT2D eigenvalue weighted by atomic mass is 32.2. The van der Waals surface area contributed by atoms with Gasteiger partial charge in [0.25, 0.3) is 0 Å². The van der Waals surface area contributed by atoms with E-state index in [1.807, 2.05) is 11.8 Å². The van der Waals surface area contributed by atoms with Crippen molar-refractivity contribution in [2.45, 2.75) is 44.8 Å². The molecule has 0 bridgehead atoms. The molecule has 0 saturated heterocycles. The lowest BCUT2D eigenvalue weighted by atomic mass is 9.94. The van der Waals surface area contributed by atoms with E-state index in [1.54, 1.807) is 0 Å². The van der Waals surface area contributed by atoms with Crippen LogP contribution in [0.2, 0.25) is 0 Å². The quantitative estimate of drug-likeness (QED) is 0.605. The van der Waals surface area contributed by atoms with Crippen LogP contribution < -0.4 is 5.32 Å². The molecule has 2 nitrogen and oxygen atoms in total. The lowest BCUT2D eigenvalue weighted by molar-refractivity contribution is -0.125. The van der Waals surface area contributed by atoms with Crippen molar-refractivity contribution >= 4 is 17.7 Å². The van der Waals surface area contributed by atoms with Crippen molar-refractivity contribution in [3.8, 4) is 0 Å². The molecule has 0 saturated carbocycles. The molecule has 1 N–H and O–H groups in total. The molecule has 3 heteroatoms. The first kappa shape index (κ1) is 13.6. The maximum absolute atomic E-state index is 11.8. The largest absolute Gasteiger partial charge is 0.355 e. The van der Waals surface area contributed by atoms with E-state index in [1.165, 1.54) is 0 Å². The summed E-state index contributed by atoms with van der Waals surface area (Å²) in [5.74, 6) is 1.45. The molecular formula is C13H23NOS. The summed E-state index contributed by atoms with van der Waals surface area (Å²) in [6, 6.07) is 0. The zero-order valence-electron chi connectivity index (χ0n) is 10.6. The summed E-state index contributed by atoms with van der Waals surface area (Å²) in [6.45, 7) is 7.39. The Morgan fingerprint density at radius 2 is 2.19 bits per heavy atom. The number of nitrogens with one attached hydrogen (secondary N) is 1. The van der Waals surface area contributed by atoms with E-state index >= 15 is 0 Å². The van der Waals surface area contributed by atoms with Crippen LogP contribution in [0.5, 0.6) is 0 Å². The third-order valence-electron chi connectivity index (χ3n) is 2.58. The molecule has 1 aliphatic carbocycles. The Hall–Kier alpha value is -0.440. The van der Waals surface area contributed by atoms with E-state index in [9.17, 15) is 4.79 Å². The average molecular weight is 241 g/mol.